The number of β-amino-alcohol motifs (C(OH)–C–C–N with tert-alkyl or cyclic N) is 1. The van der Waals surface area contributed by atoms with E-state index in [1.165, 1.54) is 4.70 Å². The molecule has 1 aliphatic rings. The predicted octanol–water partition coefficient (Wildman–Crippen LogP) is 3.01. The summed E-state index contributed by atoms with van der Waals surface area (Å²) in [6.07, 6.45) is 1.01. The van der Waals surface area contributed by atoms with Crippen LogP contribution in [-0.2, 0) is 4.79 Å². The average molecular weight is 336 g/mol. The fourth-order valence-corrected chi connectivity index (χ4v) is 4.64. The van der Waals surface area contributed by atoms with Gasteiger partial charge < -0.3 is 10.0 Å². The van der Waals surface area contributed by atoms with Crippen LogP contribution < -0.4 is 0 Å². The Morgan fingerprint density at radius 2 is 2.32 bits per heavy atom. The van der Waals surface area contributed by atoms with E-state index in [2.05, 4.69) is 11.1 Å². The Morgan fingerprint density at radius 1 is 1.50 bits per heavy atom. The van der Waals surface area contributed by atoms with Gasteiger partial charge in [-0.15, -0.1) is 11.3 Å². The van der Waals surface area contributed by atoms with Crippen LogP contribution in [0.4, 0.5) is 0 Å². The second-order valence-electron chi connectivity index (χ2n) is 5.72. The molecular weight excluding hydrogens is 316 g/mol. The third kappa shape index (κ3) is 3.62. The molecule has 2 unspecified atom stereocenters. The largest absolute Gasteiger partial charge is 0.391 e. The van der Waals surface area contributed by atoms with Gasteiger partial charge in [0, 0.05) is 25.3 Å². The zero-order valence-corrected chi connectivity index (χ0v) is 14.2. The molecule has 118 valence electrons. The van der Waals surface area contributed by atoms with Crippen molar-refractivity contribution in [2.75, 3.05) is 18.8 Å². The Bertz CT molecular complexity index is 625. The summed E-state index contributed by atoms with van der Waals surface area (Å²) in [5, 5.41) is 9.87. The quantitative estimate of drug-likeness (QED) is 0.872. The number of aliphatic hydroxyl groups is 1. The number of nitrogens with zero attached hydrogens (tertiary/aromatic N) is 2. The summed E-state index contributed by atoms with van der Waals surface area (Å²) in [7, 11) is 0. The number of hydrogen-bond acceptors (Lipinski definition) is 5. The van der Waals surface area contributed by atoms with E-state index in [1.54, 1.807) is 28.0 Å². The molecule has 1 aromatic carbocycles. The first-order valence-electron chi connectivity index (χ1n) is 7.57. The van der Waals surface area contributed by atoms with Gasteiger partial charge in [-0.2, -0.15) is 0 Å². The van der Waals surface area contributed by atoms with Gasteiger partial charge in [-0.3, -0.25) is 4.79 Å². The van der Waals surface area contributed by atoms with Crippen molar-refractivity contribution in [1.82, 2.24) is 9.88 Å². The molecule has 0 saturated carbocycles. The molecule has 0 bridgehead atoms. The highest BCUT2D eigenvalue weighted by molar-refractivity contribution is 8.01. The third-order valence-corrected chi connectivity index (χ3v) is 6.27. The van der Waals surface area contributed by atoms with Gasteiger partial charge >= 0.3 is 0 Å². The van der Waals surface area contributed by atoms with Gasteiger partial charge in [0.05, 0.1) is 16.3 Å². The summed E-state index contributed by atoms with van der Waals surface area (Å²) in [6.45, 7) is 3.28. The van der Waals surface area contributed by atoms with Gasteiger partial charge in [0.25, 0.3) is 0 Å². The van der Waals surface area contributed by atoms with Gasteiger partial charge in [0.15, 0.2) is 4.34 Å². The standard InChI is InChI=1S/C16H20N2O2S2/c1-11-6-8-18(10-13(11)19)15(20)7-9-21-16-17-12-4-2-3-5-14(12)22-16/h2-5,11,13,19H,6-10H2,1H3. The number of para-hydroxylation sites is 1. The van der Waals surface area contributed by atoms with Gasteiger partial charge in [-0.1, -0.05) is 30.8 Å². The van der Waals surface area contributed by atoms with E-state index < -0.39 is 0 Å². The van der Waals surface area contributed by atoms with E-state index in [1.807, 2.05) is 25.1 Å². The monoisotopic (exact) mass is 336 g/mol. The fraction of sp³-hybridized carbons (Fsp3) is 0.500. The smallest absolute Gasteiger partial charge is 0.223 e. The van der Waals surface area contributed by atoms with E-state index in [4.69, 9.17) is 0 Å². The van der Waals surface area contributed by atoms with Crippen LogP contribution in [0.2, 0.25) is 0 Å². The van der Waals surface area contributed by atoms with Gasteiger partial charge in [0.1, 0.15) is 0 Å². The van der Waals surface area contributed by atoms with Crippen LogP contribution in [0.1, 0.15) is 19.8 Å². The molecule has 1 amide bonds. The molecule has 1 N–H and O–H groups in total. The first kappa shape index (κ1) is 15.8. The Kier molecular flexibility index (Phi) is 5.00. The number of carbonyl (C=O) groups excluding carboxylic acids is 1. The molecule has 0 radical (unpaired) electrons. The van der Waals surface area contributed by atoms with E-state index >= 15 is 0 Å². The molecule has 22 heavy (non-hydrogen) atoms. The first-order valence-corrected chi connectivity index (χ1v) is 9.38. The first-order chi connectivity index (χ1) is 10.6. The molecule has 1 aliphatic heterocycles. The predicted molar refractivity (Wildman–Crippen MR) is 91.3 cm³/mol. The minimum Gasteiger partial charge on any atom is -0.391 e. The molecule has 3 rings (SSSR count). The number of likely N-dealkylation sites (tertiary alicyclic amines) is 1. The molecule has 0 spiro atoms. The fourth-order valence-electron chi connectivity index (χ4n) is 2.57. The number of fused-ring (bicyclic) bond motifs is 1. The Labute approximate surface area is 138 Å². The zero-order chi connectivity index (χ0) is 15.5. The summed E-state index contributed by atoms with van der Waals surface area (Å²) >= 11 is 3.31. The number of aliphatic hydroxyl groups excluding tert-OH is 1. The maximum absolute atomic E-state index is 12.2. The van der Waals surface area contributed by atoms with E-state index in [-0.39, 0.29) is 12.0 Å². The van der Waals surface area contributed by atoms with Gasteiger partial charge in [-0.25, -0.2) is 4.98 Å². The van der Waals surface area contributed by atoms with Crippen LogP contribution >= 0.6 is 23.1 Å². The number of piperidine rings is 1. The number of rotatable bonds is 4. The summed E-state index contributed by atoms with van der Waals surface area (Å²) in [6, 6.07) is 8.08. The lowest BCUT2D eigenvalue weighted by atomic mass is 9.96. The third-order valence-electron chi connectivity index (χ3n) is 4.09. The minimum atomic E-state index is -0.380. The number of thiazole rings is 1. The molecule has 6 heteroatoms. The number of aromatic nitrogens is 1. The van der Waals surface area contributed by atoms with Crippen LogP contribution in [0, 0.1) is 5.92 Å². The van der Waals surface area contributed by atoms with Crippen molar-refractivity contribution in [2.24, 2.45) is 5.92 Å². The Balaban J connectivity index is 1.49. The lowest BCUT2D eigenvalue weighted by molar-refractivity contribution is -0.134. The molecular formula is C16H20N2O2S2. The number of amides is 1. The summed E-state index contributed by atoms with van der Waals surface area (Å²) in [5.74, 6) is 1.17. The SMILES string of the molecule is CC1CCN(C(=O)CCSc2nc3ccccc3s2)CC1O. The van der Waals surface area contributed by atoms with Crippen molar-refractivity contribution in [3.63, 3.8) is 0 Å². The molecule has 0 aliphatic carbocycles. The normalized spacial score (nSPS) is 22.2. The average Bonchev–Trinajstić information content (AvgIpc) is 2.92. The molecule has 4 nitrogen and oxygen atoms in total. The number of benzene rings is 1. The number of carbonyl (C=O) groups is 1. The lowest BCUT2D eigenvalue weighted by Crippen LogP contribution is -2.45. The van der Waals surface area contributed by atoms with Crippen molar-refractivity contribution < 1.29 is 9.90 Å². The molecule has 2 heterocycles. The second kappa shape index (κ2) is 6.98. The second-order valence-corrected chi connectivity index (χ2v) is 8.09. The Hall–Kier alpha value is -1.11. The molecule has 1 saturated heterocycles. The highest BCUT2D eigenvalue weighted by Gasteiger charge is 2.26. The highest BCUT2D eigenvalue weighted by atomic mass is 32.2. The highest BCUT2D eigenvalue weighted by Crippen LogP contribution is 2.29. The topological polar surface area (TPSA) is 53.4 Å². The maximum Gasteiger partial charge on any atom is 0.223 e. The van der Waals surface area contributed by atoms with E-state index in [9.17, 15) is 9.90 Å². The molecule has 1 fully saturated rings. The maximum atomic E-state index is 12.2. The Morgan fingerprint density at radius 3 is 3.09 bits per heavy atom. The number of thioether (sulfide) groups is 1. The summed E-state index contributed by atoms with van der Waals surface area (Å²) in [5.41, 5.74) is 1.02. The zero-order valence-electron chi connectivity index (χ0n) is 12.6. The van der Waals surface area contributed by atoms with Crippen molar-refractivity contribution in [1.29, 1.82) is 0 Å². The van der Waals surface area contributed by atoms with Crippen molar-refractivity contribution >= 4 is 39.2 Å². The number of hydrogen-bond donors (Lipinski definition) is 1. The van der Waals surface area contributed by atoms with E-state index in [0.717, 1.165) is 28.6 Å². The summed E-state index contributed by atoms with van der Waals surface area (Å²) in [4.78, 5) is 18.6. The van der Waals surface area contributed by atoms with Crippen LogP contribution in [-0.4, -0.2) is 45.8 Å². The van der Waals surface area contributed by atoms with Gasteiger partial charge in [0.2, 0.25) is 5.91 Å². The minimum absolute atomic E-state index is 0.138. The lowest BCUT2D eigenvalue weighted by Gasteiger charge is -2.34. The van der Waals surface area contributed by atoms with Crippen molar-refractivity contribution in [3.05, 3.63) is 24.3 Å². The van der Waals surface area contributed by atoms with Crippen LogP contribution in [0.15, 0.2) is 28.6 Å². The van der Waals surface area contributed by atoms with Crippen LogP contribution in [0.5, 0.6) is 0 Å². The van der Waals surface area contributed by atoms with Crippen molar-refractivity contribution in [3.8, 4) is 0 Å². The molecule has 2 atom stereocenters. The van der Waals surface area contributed by atoms with Gasteiger partial charge in [-0.05, 0) is 24.5 Å². The summed E-state index contributed by atoms with van der Waals surface area (Å²) < 4.78 is 2.20. The molecule has 2 aromatic rings. The van der Waals surface area contributed by atoms with Crippen LogP contribution in [0.25, 0.3) is 10.2 Å². The van der Waals surface area contributed by atoms with Crippen LogP contribution in [0.3, 0.4) is 0 Å². The van der Waals surface area contributed by atoms with Crippen molar-refractivity contribution in [2.45, 2.75) is 30.2 Å². The van der Waals surface area contributed by atoms with E-state index in [0.29, 0.717) is 18.9 Å². The molecule has 1 aromatic heterocycles.